The van der Waals surface area contributed by atoms with Crippen LogP contribution in [0.25, 0.3) is 0 Å². The highest BCUT2D eigenvalue weighted by molar-refractivity contribution is 9.09. The van der Waals surface area contributed by atoms with Gasteiger partial charge in [-0.15, -0.1) is 0 Å². The molecule has 21 heavy (non-hydrogen) atoms. The van der Waals surface area contributed by atoms with Crippen molar-refractivity contribution >= 4 is 15.9 Å². The Morgan fingerprint density at radius 2 is 1.48 bits per heavy atom. The molecule has 0 aliphatic heterocycles. The summed E-state index contributed by atoms with van der Waals surface area (Å²) in [7, 11) is 1.70. The first-order valence-electron chi connectivity index (χ1n) is 7.36. The standard InChI is InChI=1S/C19H23BrO/c1-14-8-15(2)10-17(9-14)12-18(13-20)11-16-4-6-19(21-3)7-5-16/h4-10,18H,11-13H2,1-3H3. The van der Waals surface area contributed by atoms with E-state index >= 15 is 0 Å². The van der Waals surface area contributed by atoms with Gasteiger partial charge in [0.05, 0.1) is 7.11 Å². The minimum atomic E-state index is 0.611. The van der Waals surface area contributed by atoms with Gasteiger partial charge < -0.3 is 4.74 Å². The molecule has 1 atom stereocenters. The van der Waals surface area contributed by atoms with Crippen LogP contribution >= 0.6 is 15.9 Å². The lowest BCUT2D eigenvalue weighted by atomic mass is 9.93. The second kappa shape index (κ2) is 7.65. The van der Waals surface area contributed by atoms with Gasteiger partial charge in [-0.25, -0.2) is 0 Å². The first-order chi connectivity index (χ1) is 10.1. The molecule has 0 N–H and O–H groups in total. The van der Waals surface area contributed by atoms with Gasteiger partial charge in [0.1, 0.15) is 5.75 Å². The van der Waals surface area contributed by atoms with Crippen molar-refractivity contribution in [3.05, 3.63) is 64.7 Å². The van der Waals surface area contributed by atoms with Crippen molar-refractivity contribution in [2.24, 2.45) is 5.92 Å². The number of ether oxygens (including phenoxy) is 1. The highest BCUT2D eigenvalue weighted by Gasteiger charge is 2.10. The highest BCUT2D eigenvalue weighted by atomic mass is 79.9. The van der Waals surface area contributed by atoms with Crippen molar-refractivity contribution in [1.82, 2.24) is 0 Å². The van der Waals surface area contributed by atoms with E-state index in [1.165, 1.54) is 22.3 Å². The average molecular weight is 347 g/mol. The number of alkyl halides is 1. The molecule has 2 aromatic carbocycles. The second-order valence-corrected chi connectivity index (χ2v) is 6.42. The van der Waals surface area contributed by atoms with Gasteiger partial charge in [0, 0.05) is 5.33 Å². The van der Waals surface area contributed by atoms with E-state index in [4.69, 9.17) is 4.74 Å². The molecule has 0 radical (unpaired) electrons. The van der Waals surface area contributed by atoms with E-state index in [9.17, 15) is 0 Å². The number of benzene rings is 2. The molecule has 0 saturated heterocycles. The molecule has 0 heterocycles. The largest absolute Gasteiger partial charge is 0.497 e. The lowest BCUT2D eigenvalue weighted by Crippen LogP contribution is -2.10. The van der Waals surface area contributed by atoms with Gasteiger partial charge in [0.2, 0.25) is 0 Å². The monoisotopic (exact) mass is 346 g/mol. The quantitative estimate of drug-likeness (QED) is 0.660. The van der Waals surface area contributed by atoms with E-state index in [0.717, 1.165) is 23.9 Å². The van der Waals surface area contributed by atoms with Crippen LogP contribution in [0.15, 0.2) is 42.5 Å². The van der Waals surface area contributed by atoms with Crippen LogP contribution in [0.5, 0.6) is 5.75 Å². The third-order valence-electron chi connectivity index (χ3n) is 3.71. The number of aryl methyl sites for hydroxylation is 2. The van der Waals surface area contributed by atoms with Gasteiger partial charge in [0.25, 0.3) is 0 Å². The maximum absolute atomic E-state index is 5.21. The topological polar surface area (TPSA) is 9.23 Å². The predicted octanol–water partition coefficient (Wildman–Crippen LogP) is 5.11. The van der Waals surface area contributed by atoms with Crippen molar-refractivity contribution in [3.8, 4) is 5.75 Å². The summed E-state index contributed by atoms with van der Waals surface area (Å²) < 4.78 is 5.21. The van der Waals surface area contributed by atoms with Crippen molar-refractivity contribution < 1.29 is 4.74 Å². The van der Waals surface area contributed by atoms with Gasteiger partial charge in [-0.3, -0.25) is 0 Å². The Morgan fingerprint density at radius 1 is 0.905 bits per heavy atom. The molecule has 0 aliphatic rings. The summed E-state index contributed by atoms with van der Waals surface area (Å²) in [6, 6.07) is 15.2. The Balaban J connectivity index is 2.05. The lowest BCUT2D eigenvalue weighted by molar-refractivity contribution is 0.414. The van der Waals surface area contributed by atoms with Crippen LogP contribution in [0.4, 0.5) is 0 Å². The Kier molecular flexibility index (Phi) is 5.86. The van der Waals surface area contributed by atoms with Gasteiger partial charge in [0.15, 0.2) is 0 Å². The molecular formula is C19H23BrO. The van der Waals surface area contributed by atoms with Crippen molar-refractivity contribution in [1.29, 1.82) is 0 Å². The van der Waals surface area contributed by atoms with Crippen LogP contribution in [0, 0.1) is 19.8 Å². The smallest absolute Gasteiger partial charge is 0.118 e. The molecule has 2 aromatic rings. The third kappa shape index (κ3) is 4.89. The van der Waals surface area contributed by atoms with Crippen molar-refractivity contribution in [3.63, 3.8) is 0 Å². The Labute approximate surface area is 136 Å². The minimum absolute atomic E-state index is 0.611. The van der Waals surface area contributed by atoms with E-state index in [2.05, 4.69) is 60.1 Å². The second-order valence-electron chi connectivity index (χ2n) is 5.77. The van der Waals surface area contributed by atoms with Gasteiger partial charge in [-0.05, 0) is 55.9 Å². The molecule has 1 nitrogen and oxygen atoms in total. The first-order valence-corrected chi connectivity index (χ1v) is 8.49. The number of rotatable bonds is 6. The predicted molar refractivity (Wildman–Crippen MR) is 93.6 cm³/mol. The SMILES string of the molecule is COc1ccc(CC(CBr)Cc2cc(C)cc(C)c2)cc1. The zero-order valence-electron chi connectivity index (χ0n) is 13.0. The highest BCUT2D eigenvalue weighted by Crippen LogP contribution is 2.20. The molecule has 112 valence electrons. The summed E-state index contributed by atoms with van der Waals surface area (Å²) in [6.45, 7) is 4.34. The van der Waals surface area contributed by atoms with Gasteiger partial charge in [-0.2, -0.15) is 0 Å². The summed E-state index contributed by atoms with van der Waals surface area (Å²) in [5, 5.41) is 1.02. The number of methoxy groups -OCH3 is 1. The number of hydrogen-bond donors (Lipinski definition) is 0. The van der Waals surface area contributed by atoms with Crippen LogP contribution < -0.4 is 4.74 Å². The maximum Gasteiger partial charge on any atom is 0.118 e. The molecule has 1 unspecified atom stereocenters. The van der Waals surface area contributed by atoms with E-state index in [1.807, 2.05) is 12.1 Å². The Bertz CT molecular complexity index is 554. The van der Waals surface area contributed by atoms with Crippen molar-refractivity contribution in [2.75, 3.05) is 12.4 Å². The summed E-state index contributed by atoms with van der Waals surface area (Å²) in [5.41, 5.74) is 5.50. The first kappa shape index (κ1) is 16.1. The fourth-order valence-corrected chi connectivity index (χ4v) is 3.25. The third-order valence-corrected chi connectivity index (χ3v) is 4.62. The average Bonchev–Trinajstić information content (AvgIpc) is 2.46. The lowest BCUT2D eigenvalue weighted by Gasteiger charge is -2.15. The normalized spacial score (nSPS) is 12.2. The minimum Gasteiger partial charge on any atom is -0.497 e. The number of hydrogen-bond acceptors (Lipinski definition) is 1. The van der Waals surface area contributed by atoms with Crippen LogP contribution in [0.3, 0.4) is 0 Å². The molecule has 0 amide bonds. The summed E-state index contributed by atoms with van der Waals surface area (Å²) >= 11 is 3.67. The zero-order valence-corrected chi connectivity index (χ0v) is 14.6. The van der Waals surface area contributed by atoms with Crippen LogP contribution in [0.1, 0.15) is 22.3 Å². The Morgan fingerprint density at radius 3 is 2.00 bits per heavy atom. The molecule has 2 heteroatoms. The van der Waals surface area contributed by atoms with Crippen LogP contribution in [-0.2, 0) is 12.8 Å². The van der Waals surface area contributed by atoms with E-state index in [1.54, 1.807) is 7.11 Å². The molecular weight excluding hydrogens is 324 g/mol. The molecule has 0 bridgehead atoms. The molecule has 0 spiro atoms. The van der Waals surface area contributed by atoms with Crippen LogP contribution in [-0.4, -0.2) is 12.4 Å². The molecule has 2 rings (SSSR count). The van der Waals surface area contributed by atoms with Crippen LogP contribution in [0.2, 0.25) is 0 Å². The molecule has 0 saturated carbocycles. The zero-order chi connectivity index (χ0) is 15.2. The van der Waals surface area contributed by atoms with E-state index < -0.39 is 0 Å². The maximum atomic E-state index is 5.21. The summed E-state index contributed by atoms with van der Waals surface area (Å²) in [4.78, 5) is 0. The number of halogens is 1. The molecule has 0 fully saturated rings. The molecule has 0 aromatic heterocycles. The van der Waals surface area contributed by atoms with E-state index in [0.29, 0.717) is 5.92 Å². The summed E-state index contributed by atoms with van der Waals surface area (Å²) in [6.07, 6.45) is 2.20. The summed E-state index contributed by atoms with van der Waals surface area (Å²) in [5.74, 6) is 1.53. The fraction of sp³-hybridized carbons (Fsp3) is 0.368. The van der Waals surface area contributed by atoms with E-state index in [-0.39, 0.29) is 0 Å². The van der Waals surface area contributed by atoms with Gasteiger partial charge in [-0.1, -0.05) is 57.4 Å². The molecule has 0 aliphatic carbocycles. The Hall–Kier alpha value is -1.28. The fourth-order valence-electron chi connectivity index (χ4n) is 2.80. The van der Waals surface area contributed by atoms with Gasteiger partial charge >= 0.3 is 0 Å². The van der Waals surface area contributed by atoms with Crippen molar-refractivity contribution in [2.45, 2.75) is 26.7 Å².